The summed E-state index contributed by atoms with van der Waals surface area (Å²) in [5, 5.41) is 5.79. The zero-order chi connectivity index (χ0) is 40.8. The second-order valence-corrected chi connectivity index (χ2v) is 18.6. The minimum Gasteiger partial charge on any atom is -0.455 e. The smallest absolute Gasteiger partial charge is 0.143 e. The molecule has 11 aromatic rings. The number of rotatable bonds is 6. The normalized spacial score (nSPS) is 13.0. The maximum Gasteiger partial charge on any atom is 0.143 e. The molecule has 290 valence electrons. The molecule has 0 fully saturated rings. The van der Waals surface area contributed by atoms with E-state index in [9.17, 15) is 0 Å². The predicted octanol–water partition coefficient (Wildman–Crippen LogP) is 17.5. The van der Waals surface area contributed by atoms with Gasteiger partial charge >= 0.3 is 0 Å². The molecule has 0 unspecified atom stereocenters. The molecule has 61 heavy (non-hydrogen) atoms. The SMILES string of the molecule is CC1(C)c2ccccc2-c2cc(N(c3cc(-c4ccccc4)cc(-c4cccc(-c5cc6ccccc6s5)c4)c3)c3ccc4c(c3)oc3c5ccccc5ccc43)cc(Br)c21. The Kier molecular flexibility index (Phi) is 8.25. The van der Waals surface area contributed by atoms with E-state index in [1.165, 1.54) is 53.7 Å². The van der Waals surface area contributed by atoms with Gasteiger partial charge in [0.15, 0.2) is 0 Å². The molecular formula is C57H38BrNOS. The Morgan fingerprint density at radius 2 is 1.16 bits per heavy atom. The van der Waals surface area contributed by atoms with Gasteiger partial charge in [0.05, 0.1) is 0 Å². The fraction of sp³-hybridized carbons (Fsp3) is 0.0526. The van der Waals surface area contributed by atoms with Crippen molar-refractivity contribution in [3.05, 3.63) is 210 Å². The zero-order valence-corrected chi connectivity index (χ0v) is 36.0. The summed E-state index contributed by atoms with van der Waals surface area (Å²) in [7, 11) is 0. The van der Waals surface area contributed by atoms with Crippen molar-refractivity contribution in [1.82, 2.24) is 0 Å². The first kappa shape index (κ1) is 36.2. The van der Waals surface area contributed by atoms with Crippen LogP contribution in [0.25, 0.3) is 86.6 Å². The van der Waals surface area contributed by atoms with Crippen LogP contribution in [0.15, 0.2) is 203 Å². The van der Waals surface area contributed by atoms with Gasteiger partial charge in [-0.25, -0.2) is 0 Å². The van der Waals surface area contributed by atoms with Crippen LogP contribution in [0.1, 0.15) is 25.0 Å². The van der Waals surface area contributed by atoms with E-state index in [-0.39, 0.29) is 5.41 Å². The number of hydrogen-bond donors (Lipinski definition) is 0. The highest BCUT2D eigenvalue weighted by molar-refractivity contribution is 9.10. The number of nitrogens with zero attached hydrogens (tertiary/aromatic N) is 1. The second kappa shape index (κ2) is 13.9. The fourth-order valence-corrected chi connectivity index (χ4v) is 11.7. The van der Waals surface area contributed by atoms with Crippen LogP contribution >= 0.6 is 27.3 Å². The van der Waals surface area contributed by atoms with Crippen molar-refractivity contribution in [2.45, 2.75) is 19.3 Å². The minimum atomic E-state index is -0.149. The van der Waals surface area contributed by atoms with Gasteiger partial charge in [0.2, 0.25) is 0 Å². The summed E-state index contributed by atoms with van der Waals surface area (Å²) < 4.78 is 9.22. The fourth-order valence-electron chi connectivity index (χ4n) is 9.73. The topological polar surface area (TPSA) is 16.4 Å². The van der Waals surface area contributed by atoms with Crippen molar-refractivity contribution in [1.29, 1.82) is 0 Å². The maximum absolute atomic E-state index is 6.83. The van der Waals surface area contributed by atoms with Crippen molar-refractivity contribution in [2.24, 2.45) is 0 Å². The summed E-state index contributed by atoms with van der Waals surface area (Å²) >= 11 is 5.98. The van der Waals surface area contributed by atoms with Gasteiger partial charge in [-0.3, -0.25) is 0 Å². The number of halogens is 1. The van der Waals surface area contributed by atoms with Crippen LogP contribution in [-0.4, -0.2) is 0 Å². The van der Waals surface area contributed by atoms with Crippen LogP contribution in [0.5, 0.6) is 0 Å². The van der Waals surface area contributed by atoms with Crippen LogP contribution in [0.4, 0.5) is 17.1 Å². The van der Waals surface area contributed by atoms with Gasteiger partial charge in [0.1, 0.15) is 11.2 Å². The van der Waals surface area contributed by atoms with Crippen LogP contribution in [0.2, 0.25) is 0 Å². The molecule has 9 aromatic carbocycles. The summed E-state index contributed by atoms with van der Waals surface area (Å²) in [4.78, 5) is 3.68. The predicted molar refractivity (Wildman–Crippen MR) is 263 cm³/mol. The summed E-state index contributed by atoms with van der Waals surface area (Å²) in [6, 6.07) is 70.9. The van der Waals surface area contributed by atoms with E-state index < -0.39 is 0 Å². The molecule has 1 aliphatic carbocycles. The Labute approximate surface area is 367 Å². The first-order valence-corrected chi connectivity index (χ1v) is 22.4. The van der Waals surface area contributed by atoms with Crippen LogP contribution in [0, 0.1) is 0 Å². The molecule has 12 rings (SSSR count). The molecule has 0 bridgehead atoms. The lowest BCUT2D eigenvalue weighted by Crippen LogP contribution is -2.16. The van der Waals surface area contributed by atoms with Gasteiger partial charge in [-0.1, -0.05) is 151 Å². The number of hydrogen-bond acceptors (Lipinski definition) is 3. The Bertz CT molecular complexity index is 3510. The van der Waals surface area contributed by atoms with Crippen LogP contribution in [0.3, 0.4) is 0 Å². The first-order valence-electron chi connectivity index (χ1n) is 20.8. The van der Waals surface area contributed by atoms with Crippen molar-refractivity contribution in [2.75, 3.05) is 4.90 Å². The quantitative estimate of drug-likeness (QED) is 0.166. The summed E-state index contributed by atoms with van der Waals surface area (Å²) in [5.41, 5.74) is 15.8. The number of fused-ring (bicyclic) bond motifs is 9. The van der Waals surface area contributed by atoms with Gasteiger partial charge in [-0.2, -0.15) is 0 Å². The first-order chi connectivity index (χ1) is 29.9. The third-order valence-corrected chi connectivity index (χ3v) is 14.4. The molecule has 2 heterocycles. The molecule has 1 aliphatic rings. The average Bonchev–Trinajstić information content (AvgIpc) is 3.97. The Morgan fingerprint density at radius 1 is 0.475 bits per heavy atom. The van der Waals surface area contributed by atoms with Crippen molar-refractivity contribution in [3.8, 4) is 43.8 Å². The Hall–Kier alpha value is -6.72. The van der Waals surface area contributed by atoms with E-state index in [2.05, 4.69) is 229 Å². The summed E-state index contributed by atoms with van der Waals surface area (Å²) in [6.07, 6.45) is 0. The molecule has 0 saturated heterocycles. The number of thiophene rings is 1. The molecule has 4 heteroatoms. The van der Waals surface area contributed by atoms with E-state index in [0.717, 1.165) is 65.5 Å². The molecule has 2 aromatic heterocycles. The molecular weight excluding hydrogens is 827 g/mol. The highest BCUT2D eigenvalue weighted by Crippen LogP contribution is 2.54. The minimum absolute atomic E-state index is 0.149. The maximum atomic E-state index is 6.83. The third-order valence-electron chi connectivity index (χ3n) is 12.6. The third kappa shape index (κ3) is 5.89. The second-order valence-electron chi connectivity index (χ2n) is 16.7. The van der Waals surface area contributed by atoms with Crippen LogP contribution < -0.4 is 4.90 Å². The lowest BCUT2D eigenvalue weighted by Gasteiger charge is -2.29. The van der Waals surface area contributed by atoms with Gasteiger partial charge < -0.3 is 9.32 Å². The van der Waals surface area contributed by atoms with E-state index in [4.69, 9.17) is 4.42 Å². The molecule has 0 aliphatic heterocycles. The standard InChI is InChI=1S/C57H38BrNOS/c1-57(2)50-21-10-9-20-46(50)49-32-44(33-51(58)55(49)57)59(42-24-26-47-48-25-23-36-15-6-8-19-45(36)56(48)60-52(47)34-42)43-29-40(35-13-4-3-5-14-35)28-41(30-43)37-17-12-18-38(27-37)54-31-39-16-7-11-22-53(39)61-54/h3-34H,1-2H3. The Balaban J connectivity index is 1.10. The lowest BCUT2D eigenvalue weighted by atomic mass is 9.82. The highest BCUT2D eigenvalue weighted by atomic mass is 79.9. The summed E-state index contributed by atoms with van der Waals surface area (Å²) in [6.45, 7) is 4.67. The van der Waals surface area contributed by atoms with Gasteiger partial charge in [-0.05, 0) is 128 Å². The van der Waals surface area contributed by atoms with E-state index in [0.29, 0.717) is 0 Å². The molecule has 0 radical (unpaired) electrons. The molecule has 2 nitrogen and oxygen atoms in total. The van der Waals surface area contributed by atoms with E-state index >= 15 is 0 Å². The summed E-state index contributed by atoms with van der Waals surface area (Å²) in [5.74, 6) is 0. The largest absolute Gasteiger partial charge is 0.455 e. The highest BCUT2D eigenvalue weighted by Gasteiger charge is 2.38. The van der Waals surface area contributed by atoms with E-state index in [1.807, 2.05) is 11.3 Å². The van der Waals surface area contributed by atoms with Crippen molar-refractivity contribution in [3.63, 3.8) is 0 Å². The number of furan rings is 1. The zero-order valence-electron chi connectivity index (χ0n) is 33.6. The van der Waals surface area contributed by atoms with Crippen LogP contribution in [-0.2, 0) is 5.41 Å². The molecule has 0 spiro atoms. The molecule has 0 atom stereocenters. The van der Waals surface area contributed by atoms with Gasteiger partial charge in [0.25, 0.3) is 0 Å². The number of benzene rings is 9. The number of anilines is 3. The molecule has 0 saturated carbocycles. The average molecular weight is 865 g/mol. The molecule has 0 N–H and O–H groups in total. The van der Waals surface area contributed by atoms with Crippen molar-refractivity contribution < 1.29 is 4.42 Å². The lowest BCUT2D eigenvalue weighted by molar-refractivity contribution is 0.657. The van der Waals surface area contributed by atoms with Gasteiger partial charge in [-0.15, -0.1) is 11.3 Å². The monoisotopic (exact) mass is 863 g/mol. The van der Waals surface area contributed by atoms with Gasteiger partial charge in [0, 0.05) is 58.8 Å². The molecule has 0 amide bonds. The van der Waals surface area contributed by atoms with E-state index in [1.54, 1.807) is 0 Å². The van der Waals surface area contributed by atoms with Crippen molar-refractivity contribution >= 4 is 87.1 Å². The Morgan fingerprint density at radius 3 is 2.03 bits per heavy atom.